The summed E-state index contributed by atoms with van der Waals surface area (Å²) in [5.74, 6) is 5.00. The Labute approximate surface area is 193 Å². The molecule has 2 saturated carbocycles. The van der Waals surface area contributed by atoms with Crippen LogP contribution in [0.4, 0.5) is 0 Å². The highest BCUT2D eigenvalue weighted by atomic mass is 16.5. The van der Waals surface area contributed by atoms with E-state index in [-0.39, 0.29) is 0 Å². The second kappa shape index (κ2) is 14.2. The first-order chi connectivity index (χ1) is 15.3. The van der Waals surface area contributed by atoms with Gasteiger partial charge >= 0.3 is 0 Å². The molecule has 0 amide bonds. The van der Waals surface area contributed by atoms with Gasteiger partial charge in [0.1, 0.15) is 5.75 Å². The fourth-order valence-electron chi connectivity index (χ4n) is 6.12. The van der Waals surface area contributed by atoms with Crippen LogP contribution in [0.2, 0.25) is 0 Å². The van der Waals surface area contributed by atoms with Crippen molar-refractivity contribution in [2.45, 2.75) is 123 Å². The van der Waals surface area contributed by atoms with Crippen molar-refractivity contribution in [3.8, 4) is 5.75 Å². The molecule has 2 heteroatoms. The van der Waals surface area contributed by atoms with E-state index < -0.39 is 0 Å². The van der Waals surface area contributed by atoms with E-state index in [1.165, 1.54) is 102 Å². The molecule has 0 aliphatic heterocycles. The summed E-state index contributed by atoms with van der Waals surface area (Å²) in [5, 5.41) is 0. The molecule has 2 aliphatic carbocycles. The summed E-state index contributed by atoms with van der Waals surface area (Å²) in [6.07, 6.45) is 25.8. The Morgan fingerprint density at radius 2 is 1.35 bits per heavy atom. The van der Waals surface area contributed by atoms with Crippen molar-refractivity contribution < 1.29 is 4.74 Å². The van der Waals surface area contributed by atoms with E-state index in [0.717, 1.165) is 48.9 Å². The summed E-state index contributed by atoms with van der Waals surface area (Å²) < 4.78 is 5.80. The van der Waals surface area contributed by atoms with Crippen LogP contribution < -0.4 is 4.74 Å². The number of nitrogens with zero attached hydrogens (tertiary/aromatic N) is 1. The third kappa shape index (κ3) is 8.78. The first-order valence-electron chi connectivity index (χ1n) is 13.9. The van der Waals surface area contributed by atoms with Gasteiger partial charge in [0.25, 0.3) is 0 Å². The lowest BCUT2D eigenvalue weighted by Crippen LogP contribution is -2.26. The lowest BCUT2D eigenvalue weighted by molar-refractivity contribution is 0.140. The summed E-state index contributed by atoms with van der Waals surface area (Å²) in [4.78, 5) is 4.66. The highest BCUT2D eigenvalue weighted by Gasteiger charge is 2.30. The summed E-state index contributed by atoms with van der Waals surface area (Å²) in [6.45, 7) is 5.37. The average molecular weight is 428 g/mol. The van der Waals surface area contributed by atoms with Gasteiger partial charge in [-0.25, -0.2) is 0 Å². The van der Waals surface area contributed by atoms with E-state index in [4.69, 9.17) is 4.74 Å². The maximum Gasteiger partial charge on any atom is 0.137 e. The third-order valence-electron chi connectivity index (χ3n) is 8.29. The predicted octanol–water partition coefficient (Wildman–Crippen LogP) is 8.78. The zero-order valence-electron chi connectivity index (χ0n) is 20.6. The van der Waals surface area contributed by atoms with Crippen molar-refractivity contribution in [1.29, 1.82) is 0 Å². The summed E-state index contributed by atoms with van der Waals surface area (Å²) in [5.41, 5.74) is 1.24. The van der Waals surface area contributed by atoms with Crippen LogP contribution in [0.15, 0.2) is 18.3 Å². The van der Waals surface area contributed by atoms with Gasteiger partial charge in [-0.3, -0.25) is 4.98 Å². The first kappa shape index (κ1) is 24.6. The first-order valence-corrected chi connectivity index (χ1v) is 13.9. The molecule has 1 aromatic rings. The molecule has 1 heterocycles. The molecule has 176 valence electrons. The Balaban J connectivity index is 1.28. The van der Waals surface area contributed by atoms with Crippen molar-refractivity contribution in [3.63, 3.8) is 0 Å². The van der Waals surface area contributed by atoms with E-state index in [2.05, 4.69) is 31.0 Å². The van der Waals surface area contributed by atoms with Crippen molar-refractivity contribution in [2.75, 3.05) is 6.61 Å². The van der Waals surface area contributed by atoms with E-state index in [1.54, 1.807) is 0 Å². The van der Waals surface area contributed by atoms with Crippen LogP contribution in [-0.2, 0) is 6.42 Å². The van der Waals surface area contributed by atoms with Crippen LogP contribution in [0.3, 0.4) is 0 Å². The maximum absolute atomic E-state index is 5.80. The molecule has 1 aromatic heterocycles. The molecule has 2 nitrogen and oxygen atoms in total. The molecule has 2 fully saturated rings. The molecule has 0 unspecified atom stereocenters. The van der Waals surface area contributed by atoms with Gasteiger partial charge in [-0.1, -0.05) is 78.1 Å². The minimum Gasteiger partial charge on any atom is -0.492 e. The second-order valence-corrected chi connectivity index (χ2v) is 10.6. The fourth-order valence-corrected chi connectivity index (χ4v) is 6.12. The van der Waals surface area contributed by atoms with Gasteiger partial charge in [-0.05, 0) is 80.8 Å². The van der Waals surface area contributed by atoms with Gasteiger partial charge < -0.3 is 4.74 Å². The van der Waals surface area contributed by atoms with Crippen LogP contribution in [0.1, 0.15) is 122 Å². The predicted molar refractivity (Wildman–Crippen MR) is 133 cm³/mol. The number of aromatic nitrogens is 1. The smallest absolute Gasteiger partial charge is 0.137 e. The van der Waals surface area contributed by atoms with Crippen molar-refractivity contribution in [1.82, 2.24) is 4.98 Å². The van der Waals surface area contributed by atoms with E-state index >= 15 is 0 Å². The van der Waals surface area contributed by atoms with Crippen molar-refractivity contribution in [3.05, 3.63) is 24.0 Å². The Morgan fingerprint density at radius 3 is 1.94 bits per heavy atom. The van der Waals surface area contributed by atoms with Crippen LogP contribution in [0, 0.1) is 23.7 Å². The Morgan fingerprint density at radius 1 is 0.742 bits per heavy atom. The van der Waals surface area contributed by atoms with Crippen molar-refractivity contribution >= 4 is 0 Å². The van der Waals surface area contributed by atoms with E-state index in [9.17, 15) is 0 Å². The molecule has 0 radical (unpaired) electrons. The molecule has 0 saturated heterocycles. The van der Waals surface area contributed by atoms with Crippen LogP contribution in [0.25, 0.3) is 0 Å². The number of hydrogen-bond acceptors (Lipinski definition) is 2. The molecule has 3 rings (SSSR count). The molecular formula is C29H49NO. The molecular weight excluding hydrogens is 378 g/mol. The topological polar surface area (TPSA) is 22.1 Å². The minimum atomic E-state index is 0.818. The zero-order valence-corrected chi connectivity index (χ0v) is 20.6. The average Bonchev–Trinajstić information content (AvgIpc) is 2.82. The third-order valence-corrected chi connectivity index (χ3v) is 8.29. The van der Waals surface area contributed by atoms with Crippen LogP contribution in [0.5, 0.6) is 5.75 Å². The molecule has 0 spiro atoms. The normalized spacial score (nSPS) is 26.6. The Bertz CT molecular complexity index is 567. The quantitative estimate of drug-likeness (QED) is 0.293. The molecule has 0 bridgehead atoms. The Kier molecular flexibility index (Phi) is 11.2. The number of hydrogen-bond donors (Lipinski definition) is 0. The van der Waals surface area contributed by atoms with Gasteiger partial charge in [0.15, 0.2) is 0 Å². The van der Waals surface area contributed by atoms with Gasteiger partial charge in [-0.2, -0.15) is 0 Å². The minimum absolute atomic E-state index is 0.818. The SMILES string of the molecule is CCCCCOc1ccc(CC[C@H]2CC[C@H]([C@H]3CC[C@H](CCCCC)CC3)CC2)nc1. The lowest BCUT2D eigenvalue weighted by Gasteiger charge is -2.38. The highest BCUT2D eigenvalue weighted by molar-refractivity contribution is 5.19. The molecule has 0 atom stereocenters. The second-order valence-electron chi connectivity index (χ2n) is 10.6. The zero-order chi connectivity index (χ0) is 21.7. The number of pyridine rings is 1. The lowest BCUT2D eigenvalue weighted by atomic mass is 9.68. The largest absolute Gasteiger partial charge is 0.492 e. The number of aryl methyl sites for hydroxylation is 1. The van der Waals surface area contributed by atoms with Crippen molar-refractivity contribution in [2.24, 2.45) is 23.7 Å². The summed E-state index contributed by atoms with van der Waals surface area (Å²) in [6, 6.07) is 4.30. The van der Waals surface area contributed by atoms with Gasteiger partial charge in [0.2, 0.25) is 0 Å². The molecule has 31 heavy (non-hydrogen) atoms. The maximum atomic E-state index is 5.80. The standard InChI is InChI=1S/C29H49NO/c1-3-5-7-9-24-10-15-26(16-11-24)27-17-12-25(13-18-27)14-19-28-20-21-29(23-30-28)31-22-8-6-4-2/h20-21,23-27H,3-19,22H2,1-2H3/t24-,25-,26-,27-. The summed E-state index contributed by atoms with van der Waals surface area (Å²) in [7, 11) is 0. The number of ether oxygens (including phenoxy) is 1. The van der Waals surface area contributed by atoms with Gasteiger partial charge in [0.05, 0.1) is 12.8 Å². The van der Waals surface area contributed by atoms with E-state index in [0.29, 0.717) is 0 Å². The number of rotatable bonds is 13. The van der Waals surface area contributed by atoms with E-state index in [1.807, 2.05) is 6.20 Å². The van der Waals surface area contributed by atoms with Gasteiger partial charge in [0, 0.05) is 5.69 Å². The molecule has 0 N–H and O–H groups in total. The highest BCUT2D eigenvalue weighted by Crippen LogP contribution is 2.43. The van der Waals surface area contributed by atoms with Gasteiger partial charge in [-0.15, -0.1) is 0 Å². The van der Waals surface area contributed by atoms with Crippen LogP contribution in [-0.4, -0.2) is 11.6 Å². The van der Waals surface area contributed by atoms with Crippen LogP contribution >= 0.6 is 0 Å². The summed E-state index contributed by atoms with van der Waals surface area (Å²) >= 11 is 0. The fraction of sp³-hybridized carbons (Fsp3) is 0.828. The molecule has 2 aliphatic rings. The number of unbranched alkanes of at least 4 members (excludes halogenated alkanes) is 4. The molecule has 0 aromatic carbocycles. The monoisotopic (exact) mass is 427 g/mol. The Hall–Kier alpha value is -1.05.